The first-order chi connectivity index (χ1) is 15.4. The molecule has 0 bridgehead atoms. The molecule has 0 aliphatic carbocycles. The van der Waals surface area contributed by atoms with Crippen molar-refractivity contribution in [1.29, 1.82) is 0 Å². The molecule has 4 aromatic rings. The first-order valence-electron chi connectivity index (χ1n) is 11.0. The van der Waals surface area contributed by atoms with Crippen LogP contribution >= 0.6 is 0 Å². The third-order valence-corrected chi connectivity index (χ3v) is 6.79. The van der Waals surface area contributed by atoms with Crippen LogP contribution in [0, 0.1) is 5.82 Å². The zero-order chi connectivity index (χ0) is 22.4. The van der Waals surface area contributed by atoms with E-state index in [0.29, 0.717) is 23.6 Å². The maximum absolute atomic E-state index is 13.5. The molecule has 1 N–H and O–H groups in total. The van der Waals surface area contributed by atoms with Crippen molar-refractivity contribution in [1.82, 2.24) is 28.6 Å². The van der Waals surface area contributed by atoms with Crippen molar-refractivity contribution in [3.05, 3.63) is 62.9 Å². The van der Waals surface area contributed by atoms with E-state index in [4.69, 9.17) is 0 Å². The van der Waals surface area contributed by atoms with Crippen molar-refractivity contribution in [2.45, 2.75) is 31.7 Å². The molecule has 8 nitrogen and oxygen atoms in total. The maximum Gasteiger partial charge on any atom is 0.332 e. The molecular formula is C23H27FN6O2. The van der Waals surface area contributed by atoms with Crippen LogP contribution in [-0.2, 0) is 20.6 Å². The number of hydrogen-bond donors (Lipinski definition) is 1. The molecule has 32 heavy (non-hydrogen) atoms. The van der Waals surface area contributed by atoms with E-state index in [1.54, 1.807) is 19.4 Å². The van der Waals surface area contributed by atoms with Gasteiger partial charge in [-0.1, -0.05) is 0 Å². The Kier molecular flexibility index (Phi) is 5.21. The molecule has 1 fully saturated rings. The topological polar surface area (TPSA) is 80.8 Å². The van der Waals surface area contributed by atoms with Gasteiger partial charge in [0.1, 0.15) is 5.82 Å². The van der Waals surface area contributed by atoms with Crippen LogP contribution in [0.15, 0.2) is 40.3 Å². The molecule has 0 amide bonds. The van der Waals surface area contributed by atoms with Crippen LogP contribution in [0.4, 0.5) is 4.39 Å². The summed E-state index contributed by atoms with van der Waals surface area (Å²) in [4.78, 5) is 34.6. The predicted octanol–water partition coefficient (Wildman–Crippen LogP) is 2.32. The number of nitrogens with zero attached hydrogens (tertiary/aromatic N) is 5. The first kappa shape index (κ1) is 20.7. The number of rotatable bonds is 5. The van der Waals surface area contributed by atoms with Gasteiger partial charge in [-0.05, 0) is 68.6 Å². The second-order valence-electron chi connectivity index (χ2n) is 8.72. The van der Waals surface area contributed by atoms with E-state index in [9.17, 15) is 14.0 Å². The zero-order valence-electron chi connectivity index (χ0n) is 18.3. The van der Waals surface area contributed by atoms with Crippen molar-refractivity contribution in [2.24, 2.45) is 14.1 Å². The molecule has 0 radical (unpaired) electrons. The van der Waals surface area contributed by atoms with Crippen LogP contribution in [0.5, 0.6) is 0 Å². The second kappa shape index (κ2) is 8.05. The molecule has 1 aromatic carbocycles. The molecule has 0 saturated carbocycles. The standard InChI is InChI=1S/C23H27FN6O2/c1-27-21-20(22(31)28(2)23(27)32)30(14-26-21)9-3-8-29-10-6-15(7-11-29)18-13-25-19-12-16(24)4-5-17(18)19/h4-5,12-15,25H,3,6-11H2,1-2H3. The molecule has 1 aliphatic heterocycles. The molecular weight excluding hydrogens is 411 g/mol. The number of halogens is 1. The summed E-state index contributed by atoms with van der Waals surface area (Å²) in [5.74, 6) is 0.263. The normalized spacial score (nSPS) is 15.8. The number of aromatic amines is 1. The Balaban J connectivity index is 1.21. The van der Waals surface area contributed by atoms with Gasteiger partial charge in [-0.15, -0.1) is 0 Å². The SMILES string of the molecule is Cn1c(=O)c2c(ncn2CCCN2CCC(c3c[nH]c4cc(F)ccc34)CC2)n(C)c1=O. The van der Waals surface area contributed by atoms with Gasteiger partial charge >= 0.3 is 5.69 Å². The third-order valence-electron chi connectivity index (χ3n) is 6.79. The van der Waals surface area contributed by atoms with E-state index < -0.39 is 0 Å². The Morgan fingerprint density at radius 3 is 2.69 bits per heavy atom. The summed E-state index contributed by atoms with van der Waals surface area (Å²) >= 11 is 0. The van der Waals surface area contributed by atoms with Gasteiger partial charge in [-0.25, -0.2) is 14.2 Å². The van der Waals surface area contributed by atoms with Crippen molar-refractivity contribution in [2.75, 3.05) is 19.6 Å². The lowest BCUT2D eigenvalue weighted by Gasteiger charge is -2.32. The summed E-state index contributed by atoms with van der Waals surface area (Å²) in [5.41, 5.74) is 2.38. The average molecular weight is 439 g/mol. The van der Waals surface area contributed by atoms with Crippen LogP contribution in [0.3, 0.4) is 0 Å². The van der Waals surface area contributed by atoms with Gasteiger partial charge in [0.05, 0.1) is 6.33 Å². The van der Waals surface area contributed by atoms with Crippen LogP contribution < -0.4 is 11.2 Å². The molecule has 0 spiro atoms. The van der Waals surface area contributed by atoms with E-state index in [1.165, 1.54) is 23.2 Å². The van der Waals surface area contributed by atoms with Gasteiger partial charge in [-0.3, -0.25) is 13.9 Å². The highest BCUT2D eigenvalue weighted by Crippen LogP contribution is 2.33. The van der Waals surface area contributed by atoms with E-state index in [1.807, 2.05) is 16.8 Å². The fraction of sp³-hybridized carbons (Fsp3) is 0.435. The highest BCUT2D eigenvalue weighted by molar-refractivity contribution is 5.83. The minimum atomic E-state index is -0.365. The zero-order valence-corrected chi connectivity index (χ0v) is 18.3. The highest BCUT2D eigenvalue weighted by atomic mass is 19.1. The lowest BCUT2D eigenvalue weighted by atomic mass is 9.89. The molecule has 1 aliphatic rings. The fourth-order valence-electron chi connectivity index (χ4n) is 4.96. The van der Waals surface area contributed by atoms with Gasteiger partial charge in [-0.2, -0.15) is 0 Å². The van der Waals surface area contributed by atoms with Gasteiger partial charge in [0.2, 0.25) is 0 Å². The lowest BCUT2D eigenvalue weighted by Crippen LogP contribution is -2.37. The van der Waals surface area contributed by atoms with Crippen molar-refractivity contribution < 1.29 is 4.39 Å². The number of nitrogens with one attached hydrogen (secondary N) is 1. The summed E-state index contributed by atoms with van der Waals surface area (Å²) < 4.78 is 17.9. The molecule has 1 saturated heterocycles. The quantitative estimate of drug-likeness (QED) is 0.519. The third kappa shape index (κ3) is 3.46. The number of aromatic nitrogens is 5. The lowest BCUT2D eigenvalue weighted by molar-refractivity contribution is 0.208. The number of imidazole rings is 1. The fourth-order valence-corrected chi connectivity index (χ4v) is 4.96. The number of benzene rings is 1. The number of hydrogen-bond acceptors (Lipinski definition) is 4. The maximum atomic E-state index is 13.5. The number of piperidine rings is 1. The Morgan fingerprint density at radius 1 is 1.12 bits per heavy atom. The van der Waals surface area contributed by atoms with Crippen LogP contribution in [0.2, 0.25) is 0 Å². The van der Waals surface area contributed by atoms with Crippen molar-refractivity contribution >= 4 is 22.1 Å². The van der Waals surface area contributed by atoms with E-state index in [0.717, 1.165) is 54.4 Å². The summed E-state index contributed by atoms with van der Waals surface area (Å²) in [5, 5.41) is 1.12. The number of fused-ring (bicyclic) bond motifs is 2. The van der Waals surface area contributed by atoms with Crippen molar-refractivity contribution in [3.8, 4) is 0 Å². The van der Waals surface area contributed by atoms with E-state index in [-0.39, 0.29) is 17.1 Å². The number of H-pyrrole nitrogens is 1. The predicted molar refractivity (Wildman–Crippen MR) is 122 cm³/mol. The number of aryl methyl sites for hydroxylation is 2. The summed E-state index contributed by atoms with van der Waals surface area (Å²) in [6, 6.07) is 4.96. The molecule has 5 rings (SSSR count). The Labute approximate surface area is 183 Å². The molecule has 0 unspecified atom stereocenters. The largest absolute Gasteiger partial charge is 0.361 e. The molecule has 9 heteroatoms. The Morgan fingerprint density at radius 2 is 1.91 bits per heavy atom. The average Bonchev–Trinajstić information content (AvgIpc) is 3.41. The second-order valence-corrected chi connectivity index (χ2v) is 8.72. The van der Waals surface area contributed by atoms with Gasteiger partial charge < -0.3 is 14.5 Å². The van der Waals surface area contributed by atoms with Gasteiger partial charge in [0, 0.05) is 37.7 Å². The van der Waals surface area contributed by atoms with Crippen molar-refractivity contribution in [3.63, 3.8) is 0 Å². The molecule has 0 atom stereocenters. The highest BCUT2D eigenvalue weighted by Gasteiger charge is 2.23. The van der Waals surface area contributed by atoms with E-state index in [2.05, 4.69) is 14.9 Å². The molecule has 4 heterocycles. The van der Waals surface area contributed by atoms with Gasteiger partial charge in [0.25, 0.3) is 5.56 Å². The minimum absolute atomic E-state index is 0.216. The van der Waals surface area contributed by atoms with Crippen LogP contribution in [0.25, 0.3) is 22.1 Å². The first-order valence-corrected chi connectivity index (χ1v) is 11.0. The van der Waals surface area contributed by atoms with E-state index >= 15 is 0 Å². The smallest absolute Gasteiger partial charge is 0.332 e. The molecule has 3 aromatic heterocycles. The van der Waals surface area contributed by atoms with Gasteiger partial charge in [0.15, 0.2) is 11.2 Å². The number of likely N-dealkylation sites (tertiary alicyclic amines) is 1. The summed E-state index contributed by atoms with van der Waals surface area (Å²) in [6.45, 7) is 3.65. The van der Waals surface area contributed by atoms with Crippen LogP contribution in [-0.4, -0.2) is 48.2 Å². The molecule has 168 valence electrons. The Bertz CT molecular complexity index is 1400. The Hall–Kier alpha value is -3.20. The minimum Gasteiger partial charge on any atom is -0.361 e. The summed E-state index contributed by atoms with van der Waals surface area (Å²) in [7, 11) is 3.13. The monoisotopic (exact) mass is 438 g/mol. The van der Waals surface area contributed by atoms with Crippen LogP contribution in [0.1, 0.15) is 30.7 Å². The summed E-state index contributed by atoms with van der Waals surface area (Å²) in [6.07, 6.45) is 6.72.